The maximum Gasteiger partial charge on any atom is 0.264 e. The summed E-state index contributed by atoms with van der Waals surface area (Å²) in [5.74, 6) is -0.859. The third-order valence-electron chi connectivity index (χ3n) is 7.47. The Labute approximate surface area is 265 Å². The number of rotatable bonds is 13. The topological polar surface area (TPSA) is 86.8 Å². The molecule has 0 aliphatic rings. The zero-order valence-electron chi connectivity index (χ0n) is 25.2. The molecule has 4 aromatic rings. The van der Waals surface area contributed by atoms with E-state index in [0.29, 0.717) is 22.7 Å². The number of aryl methyl sites for hydroxylation is 1. The summed E-state index contributed by atoms with van der Waals surface area (Å²) < 4.78 is 29.2. The molecule has 1 N–H and O–H groups in total. The molecular weight excluding hydrogens is 594 g/mol. The van der Waals surface area contributed by atoms with Gasteiger partial charge in [-0.3, -0.25) is 13.9 Å². The minimum Gasteiger partial charge on any atom is -0.352 e. The maximum atomic E-state index is 14.5. The monoisotopic (exact) mass is 631 g/mol. The van der Waals surface area contributed by atoms with Gasteiger partial charge in [-0.25, -0.2) is 8.42 Å². The third kappa shape index (κ3) is 8.27. The largest absolute Gasteiger partial charge is 0.352 e. The fourth-order valence-electron chi connectivity index (χ4n) is 4.84. The van der Waals surface area contributed by atoms with Crippen LogP contribution in [0, 0.1) is 6.92 Å². The Kier molecular flexibility index (Phi) is 11.2. The van der Waals surface area contributed by atoms with Crippen LogP contribution in [0.3, 0.4) is 0 Å². The van der Waals surface area contributed by atoms with E-state index in [4.69, 9.17) is 11.6 Å². The van der Waals surface area contributed by atoms with Crippen LogP contribution in [0.25, 0.3) is 0 Å². The number of nitrogens with one attached hydrogen (secondary N) is 1. The van der Waals surface area contributed by atoms with E-state index >= 15 is 0 Å². The molecule has 0 heterocycles. The van der Waals surface area contributed by atoms with Gasteiger partial charge in [-0.15, -0.1) is 0 Å². The highest BCUT2D eigenvalue weighted by Crippen LogP contribution is 2.26. The van der Waals surface area contributed by atoms with Crippen molar-refractivity contribution < 1.29 is 18.0 Å². The van der Waals surface area contributed by atoms with Gasteiger partial charge < -0.3 is 10.2 Å². The van der Waals surface area contributed by atoms with Gasteiger partial charge >= 0.3 is 0 Å². The Morgan fingerprint density at radius 3 is 2.14 bits per heavy atom. The van der Waals surface area contributed by atoms with E-state index in [-0.39, 0.29) is 29.8 Å². The average Bonchev–Trinajstić information content (AvgIpc) is 3.03. The van der Waals surface area contributed by atoms with Crippen LogP contribution in [0.4, 0.5) is 5.69 Å². The fraction of sp³-hybridized carbons (Fsp3) is 0.257. The molecule has 0 fully saturated rings. The lowest BCUT2D eigenvalue weighted by atomic mass is 10.0. The summed E-state index contributed by atoms with van der Waals surface area (Å²) in [5, 5.41) is 3.48. The van der Waals surface area contributed by atoms with Crippen LogP contribution in [0.15, 0.2) is 114 Å². The number of hydrogen-bond donors (Lipinski definition) is 1. The molecule has 4 rings (SSSR count). The number of amides is 2. The summed E-state index contributed by atoms with van der Waals surface area (Å²) >= 11 is 6.55. The van der Waals surface area contributed by atoms with Gasteiger partial charge in [0, 0.05) is 24.0 Å². The third-order valence-corrected chi connectivity index (χ3v) is 9.63. The van der Waals surface area contributed by atoms with E-state index in [1.807, 2.05) is 63.2 Å². The minimum absolute atomic E-state index is 0.0109. The lowest BCUT2D eigenvalue weighted by molar-refractivity contribution is -0.140. The summed E-state index contributed by atoms with van der Waals surface area (Å²) in [7, 11) is -4.15. The summed E-state index contributed by atoms with van der Waals surface area (Å²) in [6.07, 6.45) is 0.938. The molecule has 4 aromatic carbocycles. The smallest absolute Gasteiger partial charge is 0.264 e. The van der Waals surface area contributed by atoms with Crippen molar-refractivity contribution in [3.05, 3.63) is 131 Å². The molecule has 0 spiro atoms. The van der Waals surface area contributed by atoms with Gasteiger partial charge in [-0.1, -0.05) is 97.4 Å². The van der Waals surface area contributed by atoms with Crippen molar-refractivity contribution in [2.75, 3.05) is 10.8 Å². The molecule has 0 saturated carbocycles. The zero-order chi connectivity index (χ0) is 31.7. The van der Waals surface area contributed by atoms with Crippen LogP contribution in [0.5, 0.6) is 0 Å². The number of halogens is 1. The number of hydrogen-bond acceptors (Lipinski definition) is 4. The Morgan fingerprint density at radius 1 is 0.864 bits per heavy atom. The van der Waals surface area contributed by atoms with Gasteiger partial charge in [-0.05, 0) is 67.3 Å². The number of carbonyl (C=O) groups excluding carboxylic acids is 2. The number of anilines is 1. The second-order valence-corrected chi connectivity index (χ2v) is 13.1. The van der Waals surface area contributed by atoms with Crippen molar-refractivity contribution in [3.63, 3.8) is 0 Å². The van der Waals surface area contributed by atoms with E-state index in [1.165, 1.54) is 17.0 Å². The van der Waals surface area contributed by atoms with Crippen molar-refractivity contribution in [1.29, 1.82) is 0 Å². The molecule has 0 aliphatic heterocycles. The van der Waals surface area contributed by atoms with Crippen LogP contribution < -0.4 is 9.62 Å². The molecule has 0 unspecified atom stereocenters. The first kappa shape index (κ1) is 32.8. The quantitative estimate of drug-likeness (QED) is 0.185. The molecular formula is C35H38ClN3O4S. The van der Waals surface area contributed by atoms with Gasteiger partial charge in [0.05, 0.1) is 10.6 Å². The van der Waals surface area contributed by atoms with Gasteiger partial charge in [0.2, 0.25) is 11.8 Å². The summed E-state index contributed by atoms with van der Waals surface area (Å²) in [5.41, 5.74) is 2.70. The van der Waals surface area contributed by atoms with Gasteiger partial charge in [0.15, 0.2) is 0 Å². The Bertz CT molecular complexity index is 1670. The maximum absolute atomic E-state index is 14.5. The molecule has 2 amide bonds. The van der Waals surface area contributed by atoms with E-state index in [0.717, 1.165) is 15.4 Å². The van der Waals surface area contributed by atoms with Crippen LogP contribution >= 0.6 is 11.6 Å². The van der Waals surface area contributed by atoms with Crippen LogP contribution in [-0.4, -0.2) is 43.8 Å². The Hall–Kier alpha value is -4.14. The molecule has 0 aromatic heterocycles. The van der Waals surface area contributed by atoms with E-state index in [2.05, 4.69) is 5.32 Å². The molecule has 44 heavy (non-hydrogen) atoms. The highest BCUT2D eigenvalue weighted by molar-refractivity contribution is 7.92. The first-order chi connectivity index (χ1) is 21.1. The van der Waals surface area contributed by atoms with Crippen molar-refractivity contribution in [3.8, 4) is 0 Å². The van der Waals surface area contributed by atoms with Crippen LogP contribution in [-0.2, 0) is 32.6 Å². The van der Waals surface area contributed by atoms with Gasteiger partial charge in [0.1, 0.15) is 12.6 Å². The van der Waals surface area contributed by atoms with E-state index in [1.54, 1.807) is 54.6 Å². The molecule has 0 aliphatic carbocycles. The molecule has 7 nitrogen and oxygen atoms in total. The Morgan fingerprint density at radius 2 is 1.50 bits per heavy atom. The lowest BCUT2D eigenvalue weighted by Crippen LogP contribution is -2.54. The normalized spacial score (nSPS) is 12.6. The average molecular weight is 632 g/mol. The summed E-state index contributed by atoms with van der Waals surface area (Å²) in [6.45, 7) is 5.23. The number of nitrogens with zero attached hydrogens (tertiary/aromatic N) is 2. The van der Waals surface area contributed by atoms with Crippen molar-refractivity contribution >= 4 is 39.1 Å². The second-order valence-electron chi connectivity index (χ2n) is 10.8. The van der Waals surface area contributed by atoms with E-state index in [9.17, 15) is 18.0 Å². The predicted molar refractivity (Wildman–Crippen MR) is 176 cm³/mol. The second kappa shape index (κ2) is 15.0. The summed E-state index contributed by atoms with van der Waals surface area (Å²) in [4.78, 5) is 29.9. The van der Waals surface area contributed by atoms with Gasteiger partial charge in [-0.2, -0.15) is 0 Å². The lowest BCUT2D eigenvalue weighted by Gasteiger charge is -2.34. The fourth-order valence-corrected chi connectivity index (χ4v) is 6.46. The molecule has 0 saturated heterocycles. The molecule has 230 valence electrons. The number of benzene rings is 4. The number of carbonyl (C=O) groups is 2. The first-order valence-electron chi connectivity index (χ1n) is 14.6. The van der Waals surface area contributed by atoms with Crippen LogP contribution in [0.2, 0.25) is 5.02 Å². The summed E-state index contributed by atoms with van der Waals surface area (Å²) in [6, 6.07) is 30.5. The molecule has 0 radical (unpaired) electrons. The van der Waals surface area contributed by atoms with Crippen LogP contribution in [0.1, 0.15) is 37.0 Å². The number of sulfonamides is 1. The zero-order valence-corrected chi connectivity index (χ0v) is 26.8. The highest BCUT2D eigenvalue weighted by Gasteiger charge is 2.35. The highest BCUT2D eigenvalue weighted by atomic mass is 35.5. The van der Waals surface area contributed by atoms with Gasteiger partial charge in [0.25, 0.3) is 10.0 Å². The SMILES string of the molecule is CC[C@@H](C)NC(=O)[C@H](Cc1ccccc1)N(Cc1ccccc1Cl)C(=O)CN(c1cccc(C)c1)S(=O)(=O)c1ccccc1. The Balaban J connectivity index is 1.81. The minimum atomic E-state index is -4.15. The van der Waals surface area contributed by atoms with Crippen molar-refractivity contribution in [2.24, 2.45) is 0 Å². The van der Waals surface area contributed by atoms with Crippen molar-refractivity contribution in [1.82, 2.24) is 10.2 Å². The predicted octanol–water partition coefficient (Wildman–Crippen LogP) is 6.40. The molecule has 2 atom stereocenters. The standard InChI is InChI=1S/C35H38ClN3O4S/c1-4-27(3)37-35(41)33(23-28-15-7-5-8-16-28)38(24-29-17-11-12-21-32(29)36)34(40)25-39(30-18-13-14-26(2)22-30)44(42,43)31-19-9-6-10-20-31/h5-22,27,33H,4,23-25H2,1-3H3,(H,37,41)/t27-,33+/m1/s1. The molecule has 0 bridgehead atoms. The first-order valence-corrected chi connectivity index (χ1v) is 16.4. The van der Waals surface area contributed by atoms with E-state index < -0.39 is 28.5 Å². The molecule has 9 heteroatoms. The van der Waals surface area contributed by atoms with Crippen molar-refractivity contribution in [2.45, 2.75) is 57.1 Å².